The van der Waals surface area contributed by atoms with E-state index in [2.05, 4.69) is 0 Å². The molecule has 0 fully saturated rings. The summed E-state index contributed by atoms with van der Waals surface area (Å²) >= 11 is 0. The van der Waals surface area contributed by atoms with Crippen molar-refractivity contribution in [1.82, 2.24) is 0 Å². The van der Waals surface area contributed by atoms with Crippen LogP contribution >= 0.6 is 0 Å². The number of hydrogen-bond acceptors (Lipinski definition) is 3. The summed E-state index contributed by atoms with van der Waals surface area (Å²) in [6.07, 6.45) is 2.81. The van der Waals surface area contributed by atoms with Crippen molar-refractivity contribution in [2.45, 2.75) is 19.4 Å². The van der Waals surface area contributed by atoms with Crippen LogP contribution in [0.4, 0.5) is 0 Å². The number of rotatable bonds is 3. The molecular formula is C13H12O4. The standard InChI is InChI=1S/C13H12O4/c1-8-6-10-7-9(2-4-12(10)17-8)11(14)3-5-13(15)16/h2-5,7-8H,6H2,1H3,(H,15,16). The summed E-state index contributed by atoms with van der Waals surface area (Å²) < 4.78 is 5.52. The number of carbonyl (C=O) groups excluding carboxylic acids is 1. The van der Waals surface area contributed by atoms with Crippen LogP contribution in [0.2, 0.25) is 0 Å². The third-order valence-corrected chi connectivity index (χ3v) is 2.56. The van der Waals surface area contributed by atoms with Crippen molar-refractivity contribution in [3.05, 3.63) is 41.5 Å². The minimum atomic E-state index is -1.13. The Morgan fingerprint density at radius 1 is 1.41 bits per heavy atom. The third-order valence-electron chi connectivity index (χ3n) is 2.56. The number of carboxylic acids is 1. The van der Waals surface area contributed by atoms with E-state index in [0.29, 0.717) is 5.56 Å². The SMILES string of the molecule is CC1Cc2cc(C(=O)C=CC(=O)O)ccc2O1. The fourth-order valence-electron chi connectivity index (χ4n) is 1.82. The number of aliphatic carboxylic acids is 1. The predicted octanol–water partition coefficient (Wildman–Crippen LogP) is 1.83. The molecule has 1 aromatic carbocycles. The second kappa shape index (κ2) is 4.41. The van der Waals surface area contributed by atoms with Gasteiger partial charge in [0.1, 0.15) is 11.9 Å². The summed E-state index contributed by atoms with van der Waals surface area (Å²) in [5, 5.41) is 8.44. The minimum absolute atomic E-state index is 0.130. The molecule has 88 valence electrons. The van der Waals surface area contributed by atoms with Crippen LogP contribution in [0.1, 0.15) is 22.8 Å². The van der Waals surface area contributed by atoms with E-state index in [-0.39, 0.29) is 11.9 Å². The summed E-state index contributed by atoms with van der Waals surface area (Å²) in [7, 11) is 0. The van der Waals surface area contributed by atoms with Crippen molar-refractivity contribution in [3.8, 4) is 5.75 Å². The molecule has 0 aliphatic carbocycles. The molecule has 1 aliphatic rings. The van der Waals surface area contributed by atoms with Gasteiger partial charge in [-0.05, 0) is 36.8 Å². The van der Waals surface area contributed by atoms with Gasteiger partial charge in [-0.15, -0.1) is 0 Å². The lowest BCUT2D eigenvalue weighted by molar-refractivity contribution is -0.131. The molecule has 0 saturated heterocycles. The number of carbonyl (C=O) groups is 2. The molecule has 1 atom stereocenters. The highest BCUT2D eigenvalue weighted by atomic mass is 16.5. The highest BCUT2D eigenvalue weighted by molar-refractivity contribution is 6.07. The van der Waals surface area contributed by atoms with Gasteiger partial charge >= 0.3 is 5.97 Å². The fourth-order valence-corrected chi connectivity index (χ4v) is 1.82. The smallest absolute Gasteiger partial charge is 0.328 e. The molecule has 4 nitrogen and oxygen atoms in total. The topological polar surface area (TPSA) is 63.6 Å². The van der Waals surface area contributed by atoms with Gasteiger partial charge < -0.3 is 9.84 Å². The summed E-state index contributed by atoms with van der Waals surface area (Å²) in [6.45, 7) is 1.96. The van der Waals surface area contributed by atoms with E-state index in [1.165, 1.54) is 0 Å². The number of hydrogen-bond donors (Lipinski definition) is 1. The average Bonchev–Trinajstić information content (AvgIpc) is 2.64. The van der Waals surface area contributed by atoms with Gasteiger partial charge in [0.2, 0.25) is 0 Å². The van der Waals surface area contributed by atoms with Gasteiger partial charge in [0.05, 0.1) is 0 Å². The van der Waals surface area contributed by atoms with Crippen LogP contribution in [-0.2, 0) is 11.2 Å². The third kappa shape index (κ3) is 2.53. The Labute approximate surface area is 98.5 Å². The first-order valence-electron chi connectivity index (χ1n) is 5.31. The lowest BCUT2D eigenvalue weighted by Crippen LogP contribution is -2.05. The number of carboxylic acid groups (broad SMARTS) is 1. The van der Waals surface area contributed by atoms with Crippen molar-refractivity contribution in [1.29, 1.82) is 0 Å². The molecule has 17 heavy (non-hydrogen) atoms. The Kier molecular flexibility index (Phi) is 2.95. The quantitative estimate of drug-likeness (QED) is 0.638. The Bertz CT molecular complexity index is 502. The second-order valence-electron chi connectivity index (χ2n) is 3.99. The lowest BCUT2D eigenvalue weighted by Gasteiger charge is -2.02. The van der Waals surface area contributed by atoms with E-state index in [4.69, 9.17) is 9.84 Å². The Hall–Kier alpha value is -2.10. The molecular weight excluding hydrogens is 220 g/mol. The molecule has 0 amide bonds. The van der Waals surface area contributed by atoms with Gasteiger partial charge in [-0.25, -0.2) is 4.79 Å². The largest absolute Gasteiger partial charge is 0.490 e. The number of ketones is 1. The van der Waals surface area contributed by atoms with E-state index < -0.39 is 5.97 Å². The number of fused-ring (bicyclic) bond motifs is 1. The number of ether oxygens (including phenoxy) is 1. The van der Waals surface area contributed by atoms with Crippen LogP contribution in [0.15, 0.2) is 30.4 Å². The van der Waals surface area contributed by atoms with Crippen LogP contribution < -0.4 is 4.74 Å². The molecule has 0 aromatic heterocycles. The molecule has 0 saturated carbocycles. The zero-order chi connectivity index (χ0) is 12.4. The molecule has 2 rings (SSSR count). The molecule has 1 N–H and O–H groups in total. The highest BCUT2D eigenvalue weighted by Crippen LogP contribution is 2.29. The van der Waals surface area contributed by atoms with Crippen molar-refractivity contribution in [2.75, 3.05) is 0 Å². The summed E-state index contributed by atoms with van der Waals surface area (Å²) in [5.41, 5.74) is 1.48. The fraction of sp³-hybridized carbons (Fsp3) is 0.231. The van der Waals surface area contributed by atoms with E-state index in [1.54, 1.807) is 18.2 Å². The first-order chi connectivity index (χ1) is 8.06. The summed E-state index contributed by atoms with van der Waals surface area (Å²) in [5.74, 6) is -0.637. The zero-order valence-corrected chi connectivity index (χ0v) is 9.34. The van der Waals surface area contributed by atoms with Crippen LogP contribution in [0, 0.1) is 0 Å². The average molecular weight is 232 g/mol. The van der Waals surface area contributed by atoms with E-state index >= 15 is 0 Å². The van der Waals surface area contributed by atoms with Gasteiger partial charge in [-0.2, -0.15) is 0 Å². The summed E-state index contributed by atoms with van der Waals surface area (Å²) in [6, 6.07) is 5.15. The van der Waals surface area contributed by atoms with Gasteiger partial charge in [-0.3, -0.25) is 4.79 Å². The van der Waals surface area contributed by atoms with Crippen LogP contribution in [0.25, 0.3) is 0 Å². The van der Waals surface area contributed by atoms with Crippen molar-refractivity contribution in [3.63, 3.8) is 0 Å². The maximum atomic E-state index is 11.6. The monoisotopic (exact) mass is 232 g/mol. The highest BCUT2D eigenvalue weighted by Gasteiger charge is 2.19. The lowest BCUT2D eigenvalue weighted by atomic mass is 10.0. The maximum Gasteiger partial charge on any atom is 0.328 e. The number of benzene rings is 1. The molecule has 1 aliphatic heterocycles. The van der Waals surface area contributed by atoms with Crippen LogP contribution in [-0.4, -0.2) is 23.0 Å². The molecule has 0 radical (unpaired) electrons. The first-order valence-corrected chi connectivity index (χ1v) is 5.31. The van der Waals surface area contributed by atoms with Crippen molar-refractivity contribution < 1.29 is 19.4 Å². The van der Waals surface area contributed by atoms with Gasteiger partial charge in [-0.1, -0.05) is 0 Å². The second-order valence-corrected chi connectivity index (χ2v) is 3.99. The molecule has 0 spiro atoms. The van der Waals surface area contributed by atoms with Gasteiger partial charge in [0.15, 0.2) is 5.78 Å². The van der Waals surface area contributed by atoms with Crippen molar-refractivity contribution >= 4 is 11.8 Å². The van der Waals surface area contributed by atoms with Crippen molar-refractivity contribution in [2.24, 2.45) is 0 Å². The Morgan fingerprint density at radius 2 is 2.18 bits per heavy atom. The zero-order valence-electron chi connectivity index (χ0n) is 9.34. The first kappa shape index (κ1) is 11.4. The predicted molar refractivity (Wildman–Crippen MR) is 61.3 cm³/mol. The Morgan fingerprint density at radius 3 is 2.88 bits per heavy atom. The molecule has 1 heterocycles. The van der Waals surface area contributed by atoms with Crippen LogP contribution in [0.5, 0.6) is 5.75 Å². The van der Waals surface area contributed by atoms with Crippen LogP contribution in [0.3, 0.4) is 0 Å². The van der Waals surface area contributed by atoms with Gasteiger partial charge in [0, 0.05) is 18.1 Å². The Balaban J connectivity index is 2.21. The summed E-state index contributed by atoms with van der Waals surface area (Å²) in [4.78, 5) is 21.9. The number of allylic oxidation sites excluding steroid dienone is 1. The van der Waals surface area contributed by atoms with E-state index in [9.17, 15) is 9.59 Å². The molecule has 4 heteroatoms. The molecule has 0 bridgehead atoms. The van der Waals surface area contributed by atoms with Gasteiger partial charge in [0.25, 0.3) is 0 Å². The normalized spacial score (nSPS) is 17.8. The molecule has 1 aromatic rings. The minimum Gasteiger partial charge on any atom is -0.490 e. The van der Waals surface area contributed by atoms with E-state index in [1.807, 2.05) is 6.92 Å². The molecule has 1 unspecified atom stereocenters. The van der Waals surface area contributed by atoms with E-state index in [0.717, 1.165) is 29.9 Å². The maximum absolute atomic E-state index is 11.6.